The summed E-state index contributed by atoms with van der Waals surface area (Å²) in [6.07, 6.45) is 1.65. The zero-order chi connectivity index (χ0) is 11.5. The van der Waals surface area contributed by atoms with Crippen molar-refractivity contribution < 1.29 is 14.9 Å². The second kappa shape index (κ2) is 4.85. The number of ether oxygens (including phenoxy) is 1. The number of aryl methyl sites for hydroxylation is 2. The summed E-state index contributed by atoms with van der Waals surface area (Å²) in [5.41, 5.74) is 2.52. The van der Waals surface area contributed by atoms with Gasteiger partial charge in [-0.3, -0.25) is 0 Å². The zero-order valence-corrected chi connectivity index (χ0v) is 9.52. The third-order valence-corrected chi connectivity index (χ3v) is 3.13. The Morgan fingerprint density at radius 3 is 3.00 bits per heavy atom. The van der Waals surface area contributed by atoms with Crippen molar-refractivity contribution in [2.45, 2.75) is 38.4 Å². The number of rotatable bonds is 3. The van der Waals surface area contributed by atoms with Crippen LogP contribution in [0.5, 0.6) is 5.75 Å². The summed E-state index contributed by atoms with van der Waals surface area (Å²) in [4.78, 5) is 0. The third kappa shape index (κ3) is 2.20. The molecule has 1 aliphatic heterocycles. The van der Waals surface area contributed by atoms with Crippen LogP contribution >= 0.6 is 0 Å². The molecule has 1 aromatic carbocycles. The molecular weight excluding hydrogens is 204 g/mol. The fourth-order valence-corrected chi connectivity index (χ4v) is 2.07. The van der Waals surface area contributed by atoms with E-state index in [9.17, 15) is 5.11 Å². The van der Waals surface area contributed by atoms with Crippen LogP contribution in [-0.2, 0) is 12.8 Å². The maximum absolute atomic E-state index is 9.53. The molecule has 2 N–H and O–H groups in total. The van der Waals surface area contributed by atoms with E-state index in [-0.39, 0.29) is 12.7 Å². The molecule has 0 aromatic heterocycles. The SMILES string of the molecule is CCc1ccc2c(c1)CCC(C(O)CO)O2. The molecule has 1 aliphatic rings. The highest BCUT2D eigenvalue weighted by Crippen LogP contribution is 2.29. The Morgan fingerprint density at radius 2 is 2.31 bits per heavy atom. The normalized spacial score (nSPS) is 21.1. The van der Waals surface area contributed by atoms with Crippen molar-refractivity contribution in [1.29, 1.82) is 0 Å². The van der Waals surface area contributed by atoms with Gasteiger partial charge >= 0.3 is 0 Å². The topological polar surface area (TPSA) is 49.7 Å². The number of fused-ring (bicyclic) bond motifs is 1. The summed E-state index contributed by atoms with van der Waals surface area (Å²) in [7, 11) is 0. The molecule has 3 heteroatoms. The van der Waals surface area contributed by atoms with E-state index in [1.54, 1.807) is 0 Å². The van der Waals surface area contributed by atoms with Crippen molar-refractivity contribution in [3.63, 3.8) is 0 Å². The Bertz CT molecular complexity index is 362. The second-order valence-corrected chi connectivity index (χ2v) is 4.24. The largest absolute Gasteiger partial charge is 0.487 e. The van der Waals surface area contributed by atoms with Crippen molar-refractivity contribution in [3.8, 4) is 5.75 Å². The molecule has 2 rings (SSSR count). The lowest BCUT2D eigenvalue weighted by atomic mass is 9.97. The van der Waals surface area contributed by atoms with Gasteiger partial charge in [0.2, 0.25) is 0 Å². The molecule has 2 atom stereocenters. The van der Waals surface area contributed by atoms with E-state index >= 15 is 0 Å². The summed E-state index contributed by atoms with van der Waals surface area (Å²) in [6.45, 7) is 1.89. The van der Waals surface area contributed by atoms with E-state index in [0.717, 1.165) is 25.0 Å². The first-order valence-electron chi connectivity index (χ1n) is 5.82. The van der Waals surface area contributed by atoms with E-state index in [0.29, 0.717) is 0 Å². The van der Waals surface area contributed by atoms with Gasteiger partial charge in [0.25, 0.3) is 0 Å². The Morgan fingerprint density at radius 1 is 1.50 bits per heavy atom. The van der Waals surface area contributed by atoms with E-state index in [1.165, 1.54) is 11.1 Å². The lowest BCUT2D eigenvalue weighted by molar-refractivity contribution is -0.00960. The van der Waals surface area contributed by atoms with Gasteiger partial charge in [-0.15, -0.1) is 0 Å². The first-order chi connectivity index (χ1) is 7.74. The third-order valence-electron chi connectivity index (χ3n) is 3.13. The average Bonchev–Trinajstić information content (AvgIpc) is 2.36. The maximum Gasteiger partial charge on any atom is 0.127 e. The van der Waals surface area contributed by atoms with Crippen LogP contribution in [0.1, 0.15) is 24.5 Å². The van der Waals surface area contributed by atoms with Crippen LogP contribution in [0, 0.1) is 0 Å². The highest BCUT2D eigenvalue weighted by molar-refractivity contribution is 5.39. The monoisotopic (exact) mass is 222 g/mol. The molecule has 1 heterocycles. The Labute approximate surface area is 95.7 Å². The van der Waals surface area contributed by atoms with Gasteiger partial charge in [-0.1, -0.05) is 19.1 Å². The van der Waals surface area contributed by atoms with Crippen LogP contribution in [0.15, 0.2) is 18.2 Å². The molecule has 88 valence electrons. The highest BCUT2D eigenvalue weighted by atomic mass is 16.5. The lowest BCUT2D eigenvalue weighted by Gasteiger charge is -2.29. The van der Waals surface area contributed by atoms with Crippen molar-refractivity contribution in [3.05, 3.63) is 29.3 Å². The Kier molecular flexibility index (Phi) is 3.46. The molecule has 0 saturated carbocycles. The van der Waals surface area contributed by atoms with Crippen molar-refractivity contribution in [2.24, 2.45) is 0 Å². The van der Waals surface area contributed by atoms with Crippen molar-refractivity contribution in [1.82, 2.24) is 0 Å². The number of hydrogen-bond donors (Lipinski definition) is 2. The molecule has 0 spiro atoms. The van der Waals surface area contributed by atoms with Crippen molar-refractivity contribution in [2.75, 3.05) is 6.61 Å². The molecular formula is C13H18O3. The molecule has 2 unspecified atom stereocenters. The molecule has 0 radical (unpaired) electrons. The minimum absolute atomic E-state index is 0.243. The fourth-order valence-electron chi connectivity index (χ4n) is 2.07. The van der Waals surface area contributed by atoms with Crippen molar-refractivity contribution >= 4 is 0 Å². The van der Waals surface area contributed by atoms with Gasteiger partial charge in [0.05, 0.1) is 6.61 Å². The molecule has 0 saturated heterocycles. The molecule has 0 amide bonds. The zero-order valence-electron chi connectivity index (χ0n) is 9.52. The Hall–Kier alpha value is -1.06. The Balaban J connectivity index is 2.15. The van der Waals surface area contributed by atoms with Crippen LogP contribution < -0.4 is 4.74 Å². The molecule has 3 nitrogen and oxygen atoms in total. The van der Waals surface area contributed by atoms with Crippen LogP contribution in [0.2, 0.25) is 0 Å². The van der Waals surface area contributed by atoms with Crippen LogP contribution in [-0.4, -0.2) is 29.0 Å². The number of aliphatic hydroxyl groups is 2. The standard InChI is InChI=1S/C13H18O3/c1-2-9-3-5-12-10(7-9)4-6-13(16-12)11(15)8-14/h3,5,7,11,13-15H,2,4,6,8H2,1H3. The quantitative estimate of drug-likeness (QED) is 0.810. The van der Waals surface area contributed by atoms with E-state index in [4.69, 9.17) is 9.84 Å². The second-order valence-electron chi connectivity index (χ2n) is 4.24. The molecule has 0 fully saturated rings. The molecule has 0 bridgehead atoms. The average molecular weight is 222 g/mol. The smallest absolute Gasteiger partial charge is 0.127 e. The van der Waals surface area contributed by atoms with Gasteiger partial charge in [-0.25, -0.2) is 0 Å². The summed E-state index contributed by atoms with van der Waals surface area (Å²) >= 11 is 0. The van der Waals surface area contributed by atoms with Gasteiger partial charge < -0.3 is 14.9 Å². The molecule has 0 aliphatic carbocycles. The van der Waals surface area contributed by atoms with Gasteiger partial charge in [-0.05, 0) is 36.5 Å². The summed E-state index contributed by atoms with van der Waals surface area (Å²) in [6, 6.07) is 6.17. The van der Waals surface area contributed by atoms with E-state index in [2.05, 4.69) is 13.0 Å². The van der Waals surface area contributed by atoms with Gasteiger partial charge in [0.1, 0.15) is 18.0 Å². The molecule has 1 aromatic rings. The number of aliphatic hydroxyl groups excluding tert-OH is 2. The molecule has 16 heavy (non-hydrogen) atoms. The van der Waals surface area contributed by atoms with Crippen LogP contribution in [0.3, 0.4) is 0 Å². The summed E-state index contributed by atoms with van der Waals surface area (Å²) in [5.74, 6) is 0.848. The maximum atomic E-state index is 9.53. The minimum atomic E-state index is -0.779. The first kappa shape index (κ1) is 11.4. The summed E-state index contributed by atoms with van der Waals surface area (Å²) < 4.78 is 5.67. The van der Waals surface area contributed by atoms with Gasteiger partial charge in [0.15, 0.2) is 0 Å². The minimum Gasteiger partial charge on any atom is -0.487 e. The predicted octanol–water partition coefficient (Wildman–Crippen LogP) is 1.30. The fraction of sp³-hybridized carbons (Fsp3) is 0.538. The van der Waals surface area contributed by atoms with Crippen LogP contribution in [0.25, 0.3) is 0 Å². The van der Waals surface area contributed by atoms with Gasteiger partial charge in [0, 0.05) is 0 Å². The van der Waals surface area contributed by atoms with Crippen LogP contribution in [0.4, 0.5) is 0 Å². The first-order valence-corrected chi connectivity index (χ1v) is 5.82. The van der Waals surface area contributed by atoms with E-state index in [1.807, 2.05) is 12.1 Å². The predicted molar refractivity (Wildman–Crippen MR) is 61.6 cm³/mol. The lowest BCUT2D eigenvalue weighted by Crippen LogP contribution is -2.37. The highest BCUT2D eigenvalue weighted by Gasteiger charge is 2.25. The van der Waals surface area contributed by atoms with E-state index < -0.39 is 6.10 Å². The number of benzene rings is 1. The number of hydrogen-bond acceptors (Lipinski definition) is 3. The summed E-state index contributed by atoms with van der Waals surface area (Å²) in [5, 5.41) is 18.4. The van der Waals surface area contributed by atoms with Gasteiger partial charge in [-0.2, -0.15) is 0 Å².